The van der Waals surface area contributed by atoms with E-state index in [2.05, 4.69) is 10.3 Å². The number of rotatable bonds is 7. The van der Waals surface area contributed by atoms with Crippen LogP contribution in [-0.2, 0) is 21.2 Å². The molecule has 2 heterocycles. The number of hydrogen-bond acceptors (Lipinski definition) is 5. The Balaban J connectivity index is 1.48. The Morgan fingerprint density at radius 3 is 2.54 bits per heavy atom. The Labute approximate surface area is 165 Å². The van der Waals surface area contributed by atoms with E-state index in [-0.39, 0.29) is 16.8 Å². The van der Waals surface area contributed by atoms with Crippen LogP contribution in [0.2, 0.25) is 0 Å². The molecule has 0 atom stereocenters. The Morgan fingerprint density at radius 2 is 1.93 bits per heavy atom. The highest BCUT2D eigenvalue weighted by atomic mass is 32.2. The number of benzene rings is 1. The lowest BCUT2D eigenvalue weighted by Gasteiger charge is -2.31. The third-order valence-electron chi connectivity index (χ3n) is 4.88. The Hall–Kier alpha value is -2.45. The first kappa shape index (κ1) is 20.3. The Kier molecular flexibility index (Phi) is 6.64. The standard InChI is InChI=1S/C20H25N3O4S/c1-27-18-5-7-19(8-6-18)28(25,26)23-13-10-17(11-14-23)22-20(24)9-4-16-3-2-12-21-15-16/h2-3,5-8,12,15,17H,4,9-11,13-14H2,1H3,(H,22,24). The molecule has 1 aromatic heterocycles. The van der Waals surface area contributed by atoms with Crippen molar-refractivity contribution < 1.29 is 17.9 Å². The average Bonchev–Trinajstić information content (AvgIpc) is 2.73. The van der Waals surface area contributed by atoms with Crippen molar-refractivity contribution in [3.8, 4) is 5.75 Å². The topological polar surface area (TPSA) is 88.6 Å². The number of aromatic nitrogens is 1. The van der Waals surface area contributed by atoms with Crippen LogP contribution >= 0.6 is 0 Å². The van der Waals surface area contributed by atoms with Crippen molar-refractivity contribution in [1.29, 1.82) is 0 Å². The lowest BCUT2D eigenvalue weighted by molar-refractivity contribution is -0.122. The Morgan fingerprint density at radius 1 is 1.21 bits per heavy atom. The minimum absolute atomic E-state index is 0.00344. The summed E-state index contributed by atoms with van der Waals surface area (Å²) in [6.07, 6.45) is 5.72. The van der Waals surface area contributed by atoms with Crippen molar-refractivity contribution in [2.24, 2.45) is 0 Å². The van der Waals surface area contributed by atoms with Crippen LogP contribution in [0.3, 0.4) is 0 Å². The molecule has 1 amide bonds. The van der Waals surface area contributed by atoms with Gasteiger partial charge in [0.2, 0.25) is 15.9 Å². The molecule has 1 aromatic carbocycles. The van der Waals surface area contributed by atoms with Crippen molar-refractivity contribution in [2.75, 3.05) is 20.2 Å². The Bertz CT molecular complexity index is 877. The van der Waals surface area contributed by atoms with Crippen LogP contribution in [0.4, 0.5) is 0 Å². The number of nitrogens with zero attached hydrogens (tertiary/aromatic N) is 2. The molecular formula is C20H25N3O4S. The molecule has 1 aliphatic heterocycles. The second kappa shape index (κ2) is 9.16. The van der Waals surface area contributed by atoms with Crippen LogP contribution in [0, 0.1) is 0 Å². The molecule has 0 aliphatic carbocycles. The van der Waals surface area contributed by atoms with E-state index >= 15 is 0 Å². The number of amides is 1. The predicted molar refractivity (Wildman–Crippen MR) is 105 cm³/mol. The number of carbonyl (C=O) groups excluding carboxylic acids is 1. The summed E-state index contributed by atoms with van der Waals surface area (Å²) < 4.78 is 32.1. The van der Waals surface area contributed by atoms with Gasteiger partial charge < -0.3 is 10.1 Å². The second-order valence-electron chi connectivity index (χ2n) is 6.78. The average molecular weight is 404 g/mol. The fourth-order valence-corrected chi connectivity index (χ4v) is 4.71. The third kappa shape index (κ3) is 5.08. The van der Waals surface area contributed by atoms with Gasteiger partial charge in [-0.25, -0.2) is 8.42 Å². The lowest BCUT2D eigenvalue weighted by atomic mass is 10.1. The van der Waals surface area contributed by atoms with Crippen molar-refractivity contribution in [3.63, 3.8) is 0 Å². The van der Waals surface area contributed by atoms with Gasteiger partial charge in [0.25, 0.3) is 0 Å². The van der Waals surface area contributed by atoms with Gasteiger partial charge in [-0.3, -0.25) is 9.78 Å². The smallest absolute Gasteiger partial charge is 0.243 e. The second-order valence-corrected chi connectivity index (χ2v) is 8.72. The van der Waals surface area contributed by atoms with Crippen molar-refractivity contribution >= 4 is 15.9 Å². The van der Waals surface area contributed by atoms with Gasteiger partial charge in [-0.15, -0.1) is 0 Å². The molecule has 28 heavy (non-hydrogen) atoms. The maximum absolute atomic E-state index is 12.8. The molecule has 1 N–H and O–H groups in total. The fraction of sp³-hybridized carbons (Fsp3) is 0.400. The first-order chi connectivity index (χ1) is 13.5. The highest BCUT2D eigenvalue weighted by Crippen LogP contribution is 2.23. The van der Waals surface area contributed by atoms with Gasteiger partial charge >= 0.3 is 0 Å². The molecule has 0 radical (unpaired) electrons. The molecule has 8 heteroatoms. The molecule has 1 aliphatic rings. The summed E-state index contributed by atoms with van der Waals surface area (Å²) >= 11 is 0. The molecule has 2 aromatic rings. The number of carbonyl (C=O) groups is 1. The van der Waals surface area contributed by atoms with Gasteiger partial charge in [0.05, 0.1) is 12.0 Å². The van der Waals surface area contributed by atoms with E-state index in [1.807, 2.05) is 12.1 Å². The van der Waals surface area contributed by atoms with E-state index in [4.69, 9.17) is 4.74 Å². The number of sulfonamides is 1. The van der Waals surface area contributed by atoms with E-state index in [0.717, 1.165) is 5.56 Å². The van der Waals surface area contributed by atoms with E-state index in [9.17, 15) is 13.2 Å². The molecule has 0 bridgehead atoms. The molecule has 3 rings (SSSR count). The minimum Gasteiger partial charge on any atom is -0.497 e. The quantitative estimate of drug-likeness (QED) is 0.764. The fourth-order valence-electron chi connectivity index (χ4n) is 3.24. The zero-order valence-electron chi connectivity index (χ0n) is 15.9. The van der Waals surface area contributed by atoms with Gasteiger partial charge in [0.15, 0.2) is 0 Å². The van der Waals surface area contributed by atoms with Gasteiger partial charge in [-0.05, 0) is 55.2 Å². The van der Waals surface area contributed by atoms with Gasteiger partial charge in [-0.2, -0.15) is 4.31 Å². The zero-order chi connectivity index (χ0) is 20.0. The van der Waals surface area contributed by atoms with Gasteiger partial charge in [0, 0.05) is 37.9 Å². The van der Waals surface area contributed by atoms with E-state index in [1.54, 1.807) is 43.8 Å². The highest BCUT2D eigenvalue weighted by Gasteiger charge is 2.29. The van der Waals surface area contributed by atoms with Crippen LogP contribution in [0.15, 0.2) is 53.7 Å². The van der Waals surface area contributed by atoms with Crippen LogP contribution < -0.4 is 10.1 Å². The lowest BCUT2D eigenvalue weighted by Crippen LogP contribution is -2.46. The van der Waals surface area contributed by atoms with Gasteiger partial charge in [-0.1, -0.05) is 6.07 Å². The van der Waals surface area contributed by atoms with Gasteiger partial charge in [0.1, 0.15) is 5.75 Å². The minimum atomic E-state index is -3.53. The highest BCUT2D eigenvalue weighted by molar-refractivity contribution is 7.89. The number of hydrogen-bond donors (Lipinski definition) is 1. The van der Waals surface area contributed by atoms with Crippen LogP contribution in [0.1, 0.15) is 24.8 Å². The summed E-state index contributed by atoms with van der Waals surface area (Å²) in [4.78, 5) is 16.5. The SMILES string of the molecule is COc1ccc(S(=O)(=O)N2CCC(NC(=O)CCc3cccnc3)CC2)cc1. The monoisotopic (exact) mass is 403 g/mol. The number of aryl methyl sites for hydroxylation is 1. The predicted octanol–water partition coefficient (Wildman–Crippen LogP) is 1.99. The molecule has 0 spiro atoms. The summed E-state index contributed by atoms with van der Waals surface area (Å²) in [6, 6.07) is 10.2. The molecule has 150 valence electrons. The number of ether oxygens (including phenoxy) is 1. The number of pyridine rings is 1. The summed E-state index contributed by atoms with van der Waals surface area (Å²) in [5.74, 6) is 0.604. The normalized spacial score (nSPS) is 15.9. The summed E-state index contributed by atoms with van der Waals surface area (Å²) in [6.45, 7) is 0.782. The molecule has 0 unspecified atom stereocenters. The summed E-state index contributed by atoms with van der Waals surface area (Å²) in [7, 11) is -1.99. The first-order valence-corrected chi connectivity index (χ1v) is 10.8. The number of piperidine rings is 1. The molecule has 1 saturated heterocycles. The number of methoxy groups -OCH3 is 1. The summed E-state index contributed by atoms with van der Waals surface area (Å²) in [5.41, 5.74) is 1.03. The zero-order valence-corrected chi connectivity index (χ0v) is 16.7. The maximum atomic E-state index is 12.8. The third-order valence-corrected chi connectivity index (χ3v) is 6.79. The first-order valence-electron chi connectivity index (χ1n) is 9.31. The summed E-state index contributed by atoms with van der Waals surface area (Å²) in [5, 5.41) is 3.02. The van der Waals surface area contributed by atoms with Crippen molar-refractivity contribution in [1.82, 2.24) is 14.6 Å². The molecule has 1 fully saturated rings. The largest absolute Gasteiger partial charge is 0.497 e. The number of nitrogens with one attached hydrogen (secondary N) is 1. The molecule has 0 saturated carbocycles. The van der Waals surface area contributed by atoms with E-state index in [1.165, 1.54) is 4.31 Å². The van der Waals surface area contributed by atoms with Crippen LogP contribution in [0.5, 0.6) is 5.75 Å². The van der Waals surface area contributed by atoms with Crippen LogP contribution in [-0.4, -0.2) is 49.9 Å². The molecule has 7 nitrogen and oxygen atoms in total. The van der Waals surface area contributed by atoms with E-state index in [0.29, 0.717) is 44.5 Å². The molecular weight excluding hydrogens is 378 g/mol. The van der Waals surface area contributed by atoms with E-state index < -0.39 is 10.0 Å². The van der Waals surface area contributed by atoms with Crippen molar-refractivity contribution in [2.45, 2.75) is 36.6 Å². The van der Waals surface area contributed by atoms with Crippen LogP contribution in [0.25, 0.3) is 0 Å². The maximum Gasteiger partial charge on any atom is 0.243 e. The van der Waals surface area contributed by atoms with Crippen molar-refractivity contribution in [3.05, 3.63) is 54.4 Å².